The molecular weight excluding hydrogens is 752 g/mol. The Labute approximate surface area is 375 Å². The molecule has 276 valence electrons. The van der Waals surface area contributed by atoms with E-state index < -0.39 is 0 Å². The van der Waals surface area contributed by atoms with Crippen LogP contribution in [0.3, 0.4) is 0 Å². The van der Waals surface area contributed by atoms with E-state index in [4.69, 9.17) is 54.9 Å². The second-order valence-electron chi connectivity index (χ2n) is 16.0. The summed E-state index contributed by atoms with van der Waals surface area (Å²) in [5.74, 6) is 0. The van der Waals surface area contributed by atoms with Gasteiger partial charge >= 0.3 is 0 Å². The Morgan fingerprint density at radius 3 is 1.49 bits per heavy atom. The predicted octanol–water partition coefficient (Wildman–Crippen LogP) is 6.11. The molecule has 0 unspecified atom stereocenters. The van der Waals surface area contributed by atoms with Crippen LogP contribution in [0.2, 0.25) is 0 Å². The molecule has 0 saturated heterocycles. The number of nitrogens with zero attached hydrogens (tertiary/aromatic N) is 2. The van der Waals surface area contributed by atoms with Crippen LogP contribution in [0.1, 0.15) is 0 Å². The Balaban J connectivity index is 1.23. The highest BCUT2D eigenvalue weighted by Crippen LogP contribution is 2.41. The second kappa shape index (κ2) is 15.1. The summed E-state index contributed by atoms with van der Waals surface area (Å²) in [6.45, 7) is 0. The molecule has 9 aromatic carbocycles. The summed E-state index contributed by atoms with van der Waals surface area (Å²) in [6, 6.07) is 60.3. The van der Waals surface area contributed by atoms with Gasteiger partial charge in [0.25, 0.3) is 0 Å². The minimum Gasteiger partial charge on any atom is -0.310 e. The average Bonchev–Trinajstić information content (AvgIpc) is 3.87. The molecule has 2 nitrogen and oxygen atoms in total. The number of hydrogen-bond acceptors (Lipinski definition) is 0. The van der Waals surface area contributed by atoms with Crippen molar-refractivity contribution in [2.24, 2.45) is 0 Å². The van der Waals surface area contributed by atoms with E-state index in [9.17, 15) is 0 Å². The van der Waals surface area contributed by atoms with Crippen molar-refractivity contribution >= 4 is 137 Å². The molecule has 63 heavy (non-hydrogen) atoms. The van der Waals surface area contributed by atoms with E-state index in [1.165, 1.54) is 0 Å². The van der Waals surface area contributed by atoms with E-state index in [-0.39, 0.29) is 21.9 Å². The van der Waals surface area contributed by atoms with E-state index in [0.29, 0.717) is 43.8 Å². The van der Waals surface area contributed by atoms with Gasteiger partial charge in [-0.15, -0.1) is 10.9 Å². The molecule has 14 radical (unpaired) electrons. The second-order valence-corrected chi connectivity index (χ2v) is 16.0. The summed E-state index contributed by atoms with van der Waals surface area (Å²) < 4.78 is 4.32. The van der Waals surface area contributed by atoms with Crippen molar-refractivity contribution in [2.75, 3.05) is 0 Å². The highest BCUT2D eigenvalue weighted by Gasteiger charge is 2.26. The fourth-order valence-corrected chi connectivity index (χ4v) is 9.55. The average molecular weight is 782 g/mol. The summed E-state index contributed by atoms with van der Waals surface area (Å²) in [7, 11) is 49.3. The lowest BCUT2D eigenvalue weighted by Gasteiger charge is -2.21. The third-order valence-corrected chi connectivity index (χ3v) is 12.5. The van der Waals surface area contributed by atoms with Crippen LogP contribution in [0.5, 0.6) is 0 Å². The normalized spacial score (nSPS) is 11.6. The number of hydrogen-bond donors (Lipinski definition) is 0. The summed E-state index contributed by atoms with van der Waals surface area (Å²) in [5.41, 5.74) is 14.5. The number of para-hydroxylation sites is 2. The van der Waals surface area contributed by atoms with E-state index in [1.807, 2.05) is 53.1 Å². The Hall–Kier alpha value is -6.97. The highest BCUT2D eigenvalue weighted by molar-refractivity contribution is 6.69. The molecule has 9 heteroatoms. The van der Waals surface area contributed by atoms with Gasteiger partial charge < -0.3 is 9.13 Å². The number of rotatable bonds is 6. The largest absolute Gasteiger partial charge is 0.310 e. The first-order valence-corrected chi connectivity index (χ1v) is 20.7. The zero-order chi connectivity index (χ0) is 43.1. The molecule has 0 spiro atoms. The lowest BCUT2D eigenvalue weighted by atomic mass is 9.64. The first kappa shape index (κ1) is 38.9. The molecule has 0 amide bonds. The van der Waals surface area contributed by atoms with Crippen LogP contribution < -0.4 is 38.2 Å². The quantitative estimate of drug-likeness (QED) is 0.181. The van der Waals surface area contributed by atoms with Gasteiger partial charge in [0.1, 0.15) is 54.9 Å². The minimum atomic E-state index is 0.169. The lowest BCUT2D eigenvalue weighted by Crippen LogP contribution is -2.48. The van der Waals surface area contributed by atoms with Crippen molar-refractivity contribution in [2.45, 2.75) is 0 Å². The third-order valence-electron chi connectivity index (χ3n) is 12.5. The predicted molar refractivity (Wildman–Crippen MR) is 275 cm³/mol. The minimum absolute atomic E-state index is 0.169. The van der Waals surface area contributed by atoms with Gasteiger partial charge in [-0.1, -0.05) is 167 Å². The molecular formula is C54H29B7N2. The Morgan fingerprint density at radius 1 is 0.302 bits per heavy atom. The van der Waals surface area contributed by atoms with Crippen LogP contribution in [-0.4, -0.2) is 64.1 Å². The topological polar surface area (TPSA) is 9.86 Å². The van der Waals surface area contributed by atoms with Crippen molar-refractivity contribution in [3.63, 3.8) is 0 Å². The van der Waals surface area contributed by atoms with Gasteiger partial charge in [0.05, 0.1) is 16.7 Å². The van der Waals surface area contributed by atoms with Crippen LogP contribution >= 0.6 is 0 Å². The zero-order valence-corrected chi connectivity index (χ0v) is 34.2. The molecule has 0 saturated carbocycles. The fraction of sp³-hybridized carbons (Fsp3) is 0. The standard InChI is InChI=1S/C54H29B7N2/c55-45-42(34-25-27-41-39(29-34)37-23-13-22-36(31-16-7-2-8-17-31)52(37)62(41)35-20-11-4-12-21-35)46(56)50(60)53-43(45)44-47(57)48(58)49(59)51(61)54(44)63(53)40-26-24-33(30-14-5-1-6-15-30)28-38(40)32-18-9-3-10-19-32/h1-29H. The van der Waals surface area contributed by atoms with Crippen LogP contribution in [0, 0.1) is 0 Å². The number of aromatic nitrogens is 2. The maximum absolute atomic E-state index is 7.47. The molecule has 2 heterocycles. The van der Waals surface area contributed by atoms with Gasteiger partial charge in [0.2, 0.25) is 0 Å². The van der Waals surface area contributed by atoms with Gasteiger partial charge in [-0.05, 0) is 75.2 Å². The molecule has 0 N–H and O–H groups in total. The molecule has 11 rings (SSSR count). The molecule has 0 bridgehead atoms. The Bertz CT molecular complexity index is 3620. The van der Waals surface area contributed by atoms with Crippen molar-refractivity contribution in [1.29, 1.82) is 0 Å². The van der Waals surface area contributed by atoms with E-state index >= 15 is 0 Å². The smallest absolute Gasteiger partial charge is 0.115 e. The van der Waals surface area contributed by atoms with Crippen LogP contribution in [-0.2, 0) is 0 Å². The molecule has 0 fully saturated rings. The molecule has 0 aliphatic carbocycles. The van der Waals surface area contributed by atoms with E-state index in [1.54, 1.807) is 0 Å². The third kappa shape index (κ3) is 5.97. The highest BCUT2D eigenvalue weighted by atomic mass is 15.0. The Morgan fingerprint density at radius 2 is 0.841 bits per heavy atom. The maximum Gasteiger partial charge on any atom is 0.115 e. The number of fused-ring (bicyclic) bond motifs is 6. The molecule has 0 aliphatic rings. The summed E-state index contributed by atoms with van der Waals surface area (Å²) in [6.07, 6.45) is 0. The molecule has 0 atom stereocenters. The molecule has 11 aromatic rings. The summed E-state index contributed by atoms with van der Waals surface area (Å²) in [5, 5.41) is 3.22. The first-order chi connectivity index (χ1) is 30.7. The van der Waals surface area contributed by atoms with Crippen molar-refractivity contribution in [3.8, 4) is 55.9 Å². The van der Waals surface area contributed by atoms with Crippen molar-refractivity contribution in [1.82, 2.24) is 9.13 Å². The fourth-order valence-electron chi connectivity index (χ4n) is 9.55. The number of benzene rings is 9. The van der Waals surface area contributed by atoms with Crippen molar-refractivity contribution in [3.05, 3.63) is 176 Å². The van der Waals surface area contributed by atoms with Crippen LogP contribution in [0.25, 0.3) is 99.5 Å². The molecule has 2 aromatic heterocycles. The van der Waals surface area contributed by atoms with E-state index in [2.05, 4.69) is 132 Å². The van der Waals surface area contributed by atoms with Crippen molar-refractivity contribution < 1.29 is 0 Å². The monoisotopic (exact) mass is 782 g/mol. The van der Waals surface area contributed by atoms with Gasteiger partial charge in [-0.3, -0.25) is 0 Å². The van der Waals surface area contributed by atoms with Gasteiger partial charge in [-0.25, -0.2) is 0 Å². The SMILES string of the molecule is [B]c1c([B])c([B])c2c(c1[B])c1c([B])c(-c3ccc4c(c3)c3cccc(-c5ccccc5)c3n4-c3ccccc3)c([B])c([B])c1n2-c1ccc(-c2ccccc2)cc1-c1ccccc1. The van der Waals surface area contributed by atoms with Crippen LogP contribution in [0.15, 0.2) is 176 Å². The summed E-state index contributed by atoms with van der Waals surface area (Å²) >= 11 is 0. The van der Waals surface area contributed by atoms with Crippen LogP contribution in [0.4, 0.5) is 0 Å². The van der Waals surface area contributed by atoms with Gasteiger partial charge in [0.15, 0.2) is 0 Å². The van der Waals surface area contributed by atoms with Gasteiger partial charge in [0, 0.05) is 44.0 Å². The Kier molecular flexibility index (Phi) is 9.35. The molecule has 0 aliphatic heterocycles. The lowest BCUT2D eigenvalue weighted by molar-refractivity contribution is 1.18. The van der Waals surface area contributed by atoms with Gasteiger partial charge in [-0.2, -0.15) is 0 Å². The van der Waals surface area contributed by atoms with E-state index in [0.717, 1.165) is 72.1 Å². The zero-order valence-electron chi connectivity index (χ0n) is 34.2. The summed E-state index contributed by atoms with van der Waals surface area (Å²) in [4.78, 5) is 0. The maximum atomic E-state index is 7.47. The first-order valence-electron chi connectivity index (χ1n) is 20.7.